The largest absolute Gasteiger partial charge is 0.357 e. The molecule has 0 aliphatic carbocycles. The van der Waals surface area contributed by atoms with Crippen LogP contribution in [0.15, 0.2) is 54.6 Å². The fraction of sp³-hybridized carbons (Fsp3) is 0.176. The van der Waals surface area contributed by atoms with Crippen molar-refractivity contribution in [1.29, 1.82) is 5.41 Å². The van der Waals surface area contributed by atoms with Crippen molar-refractivity contribution in [3.05, 3.63) is 65.7 Å². The number of benzene rings is 2. The minimum atomic E-state index is -0.0978. The molecule has 0 heterocycles. The molecule has 0 atom stereocenters. The van der Waals surface area contributed by atoms with Gasteiger partial charge in [0.2, 0.25) is 0 Å². The fourth-order valence-electron chi connectivity index (χ4n) is 2.00. The third kappa shape index (κ3) is 6.00. The number of nitrogens with one attached hydrogen (secondary N) is 4. The van der Waals surface area contributed by atoms with Gasteiger partial charge in [-0.25, -0.2) is 0 Å². The van der Waals surface area contributed by atoms with Crippen LogP contribution >= 0.6 is 12.4 Å². The third-order valence-corrected chi connectivity index (χ3v) is 3.04. The highest BCUT2D eigenvalue weighted by molar-refractivity contribution is 5.94. The average molecular weight is 333 g/mol. The summed E-state index contributed by atoms with van der Waals surface area (Å²) in [5.41, 5.74) is 2.43. The van der Waals surface area contributed by atoms with E-state index in [1.54, 1.807) is 12.1 Å². The summed E-state index contributed by atoms with van der Waals surface area (Å²) in [6.45, 7) is 3.07. The molecule has 6 heteroatoms. The minimum Gasteiger partial charge on any atom is -0.357 e. The van der Waals surface area contributed by atoms with Crippen molar-refractivity contribution in [1.82, 2.24) is 10.6 Å². The topological polar surface area (TPSA) is 77.0 Å². The molecule has 0 saturated carbocycles. The Labute approximate surface area is 142 Å². The van der Waals surface area contributed by atoms with Crippen molar-refractivity contribution in [2.75, 3.05) is 11.9 Å². The number of amides is 1. The van der Waals surface area contributed by atoms with E-state index in [4.69, 9.17) is 5.41 Å². The van der Waals surface area contributed by atoms with Crippen LogP contribution in [0.5, 0.6) is 0 Å². The molecule has 2 rings (SSSR count). The van der Waals surface area contributed by atoms with Gasteiger partial charge in [-0.2, -0.15) is 0 Å². The molecular formula is C17H21ClN4O. The Morgan fingerprint density at radius 1 is 1.04 bits per heavy atom. The molecule has 1 amide bonds. The molecule has 2 aromatic rings. The number of guanidine groups is 1. The van der Waals surface area contributed by atoms with Crippen molar-refractivity contribution in [2.45, 2.75) is 13.5 Å². The normalized spacial score (nSPS) is 9.43. The molecule has 0 spiro atoms. The maximum Gasteiger partial charge on any atom is 0.251 e. The number of hydrogen-bond donors (Lipinski definition) is 4. The Hall–Kier alpha value is -2.53. The molecule has 0 aliphatic heterocycles. The second kappa shape index (κ2) is 9.48. The lowest BCUT2D eigenvalue weighted by atomic mass is 10.2. The van der Waals surface area contributed by atoms with Crippen LogP contribution < -0.4 is 16.0 Å². The van der Waals surface area contributed by atoms with Crippen LogP contribution in [0.4, 0.5) is 5.69 Å². The van der Waals surface area contributed by atoms with Crippen LogP contribution in [0.25, 0.3) is 0 Å². The summed E-state index contributed by atoms with van der Waals surface area (Å²) >= 11 is 0. The summed E-state index contributed by atoms with van der Waals surface area (Å²) in [6.07, 6.45) is 0. The molecule has 0 radical (unpaired) electrons. The quantitative estimate of drug-likeness (QED) is 0.502. The first-order valence-electron chi connectivity index (χ1n) is 7.20. The van der Waals surface area contributed by atoms with E-state index in [1.165, 1.54) is 0 Å². The van der Waals surface area contributed by atoms with E-state index in [-0.39, 0.29) is 24.3 Å². The van der Waals surface area contributed by atoms with Gasteiger partial charge >= 0.3 is 0 Å². The molecule has 122 valence electrons. The second-order valence-corrected chi connectivity index (χ2v) is 4.78. The number of carbonyl (C=O) groups is 1. The zero-order valence-electron chi connectivity index (χ0n) is 12.9. The maximum atomic E-state index is 12.0. The van der Waals surface area contributed by atoms with Crippen LogP contribution in [0.3, 0.4) is 0 Å². The van der Waals surface area contributed by atoms with Crippen molar-refractivity contribution in [3.8, 4) is 0 Å². The molecule has 4 N–H and O–H groups in total. The summed E-state index contributed by atoms with van der Waals surface area (Å²) in [6, 6.07) is 16.8. The number of halogens is 1. The SMILES string of the molecule is CCNC(=N)Nc1cccc(CNC(=O)c2ccccc2)c1.Cl. The van der Waals surface area contributed by atoms with Crippen molar-refractivity contribution < 1.29 is 4.79 Å². The first-order valence-corrected chi connectivity index (χ1v) is 7.20. The van der Waals surface area contributed by atoms with Gasteiger partial charge in [-0.05, 0) is 36.8 Å². The van der Waals surface area contributed by atoms with Crippen LogP contribution in [-0.2, 0) is 6.54 Å². The number of rotatable bonds is 5. The van der Waals surface area contributed by atoms with Crippen LogP contribution in [0, 0.1) is 5.41 Å². The van der Waals surface area contributed by atoms with Crippen molar-refractivity contribution in [3.63, 3.8) is 0 Å². The number of hydrogen-bond acceptors (Lipinski definition) is 2. The number of carbonyl (C=O) groups excluding carboxylic acids is 1. The summed E-state index contributed by atoms with van der Waals surface area (Å²) in [5.74, 6) is 0.160. The van der Waals surface area contributed by atoms with Crippen molar-refractivity contribution >= 4 is 30.0 Å². The molecule has 2 aromatic carbocycles. The van der Waals surface area contributed by atoms with Gasteiger partial charge < -0.3 is 16.0 Å². The van der Waals surface area contributed by atoms with Gasteiger partial charge in [0, 0.05) is 24.3 Å². The molecule has 23 heavy (non-hydrogen) atoms. The predicted octanol–water partition coefficient (Wildman–Crippen LogP) is 2.99. The van der Waals surface area contributed by atoms with Gasteiger partial charge in [0.25, 0.3) is 5.91 Å². The molecular weight excluding hydrogens is 312 g/mol. The highest BCUT2D eigenvalue weighted by Gasteiger charge is 2.04. The lowest BCUT2D eigenvalue weighted by Gasteiger charge is -2.10. The van der Waals surface area contributed by atoms with Gasteiger partial charge in [-0.1, -0.05) is 30.3 Å². The third-order valence-electron chi connectivity index (χ3n) is 3.04. The summed E-state index contributed by atoms with van der Waals surface area (Å²) in [5, 5.41) is 16.4. The van der Waals surface area contributed by atoms with Crippen LogP contribution in [-0.4, -0.2) is 18.4 Å². The highest BCUT2D eigenvalue weighted by atomic mass is 35.5. The van der Waals surface area contributed by atoms with E-state index in [0.29, 0.717) is 18.7 Å². The van der Waals surface area contributed by atoms with E-state index in [1.807, 2.05) is 49.4 Å². The Morgan fingerprint density at radius 2 is 1.78 bits per heavy atom. The van der Waals surface area contributed by atoms with Crippen LogP contribution in [0.2, 0.25) is 0 Å². The highest BCUT2D eigenvalue weighted by Crippen LogP contribution is 2.10. The minimum absolute atomic E-state index is 0. The Kier molecular flexibility index (Phi) is 7.63. The lowest BCUT2D eigenvalue weighted by Crippen LogP contribution is -2.29. The molecule has 0 bridgehead atoms. The number of anilines is 1. The van der Waals surface area contributed by atoms with Gasteiger partial charge in [-0.3, -0.25) is 10.2 Å². The zero-order chi connectivity index (χ0) is 15.8. The van der Waals surface area contributed by atoms with Gasteiger partial charge in [0.1, 0.15) is 0 Å². The van der Waals surface area contributed by atoms with E-state index in [2.05, 4.69) is 16.0 Å². The second-order valence-electron chi connectivity index (χ2n) is 4.78. The molecule has 5 nitrogen and oxygen atoms in total. The smallest absolute Gasteiger partial charge is 0.251 e. The van der Waals surface area contributed by atoms with Gasteiger partial charge in [0.15, 0.2) is 5.96 Å². The molecule has 0 aromatic heterocycles. The summed E-state index contributed by atoms with van der Waals surface area (Å²) in [4.78, 5) is 12.0. The molecule has 0 fully saturated rings. The Bertz CT molecular complexity index is 646. The summed E-state index contributed by atoms with van der Waals surface area (Å²) in [7, 11) is 0. The monoisotopic (exact) mass is 332 g/mol. The van der Waals surface area contributed by atoms with E-state index in [9.17, 15) is 4.79 Å². The molecule has 0 unspecified atom stereocenters. The van der Waals surface area contributed by atoms with Gasteiger partial charge in [-0.15, -0.1) is 12.4 Å². The lowest BCUT2D eigenvalue weighted by molar-refractivity contribution is 0.0951. The molecule has 0 aliphatic rings. The van der Waals surface area contributed by atoms with Crippen LogP contribution in [0.1, 0.15) is 22.8 Å². The van der Waals surface area contributed by atoms with Crippen molar-refractivity contribution in [2.24, 2.45) is 0 Å². The first kappa shape index (κ1) is 18.5. The zero-order valence-corrected chi connectivity index (χ0v) is 13.7. The van der Waals surface area contributed by atoms with E-state index < -0.39 is 0 Å². The maximum absolute atomic E-state index is 12.0. The van der Waals surface area contributed by atoms with E-state index in [0.717, 1.165) is 11.3 Å². The standard InChI is InChI=1S/C17H20N4O.ClH/c1-2-19-17(18)21-15-10-6-7-13(11-15)12-20-16(22)14-8-4-3-5-9-14;/h3-11H,2,12H2,1H3,(H,20,22)(H3,18,19,21);1H. The summed E-state index contributed by atoms with van der Waals surface area (Å²) < 4.78 is 0. The first-order chi connectivity index (χ1) is 10.7. The fourth-order valence-corrected chi connectivity index (χ4v) is 2.00. The predicted molar refractivity (Wildman–Crippen MR) is 96.3 cm³/mol. The Balaban J connectivity index is 0.00000264. The molecule has 0 saturated heterocycles. The Morgan fingerprint density at radius 3 is 2.48 bits per heavy atom. The van der Waals surface area contributed by atoms with Gasteiger partial charge in [0.05, 0.1) is 0 Å². The van der Waals surface area contributed by atoms with E-state index >= 15 is 0 Å². The average Bonchev–Trinajstić information content (AvgIpc) is 2.54.